The van der Waals surface area contributed by atoms with Crippen molar-refractivity contribution in [3.05, 3.63) is 53.6 Å². The molecule has 0 heterocycles. The Bertz CT molecular complexity index is 777. The second-order valence-corrected chi connectivity index (χ2v) is 6.70. The van der Waals surface area contributed by atoms with Gasteiger partial charge in [-0.2, -0.15) is 0 Å². The van der Waals surface area contributed by atoms with E-state index in [9.17, 15) is 4.79 Å². The lowest BCUT2D eigenvalue weighted by atomic mass is 10.0. The molecule has 1 atom stereocenters. The van der Waals surface area contributed by atoms with Crippen LogP contribution in [0.5, 0.6) is 17.2 Å². The normalized spacial score (nSPS) is 11.8. The first kappa shape index (κ1) is 21.6. The lowest BCUT2D eigenvalue weighted by molar-refractivity contribution is -0.121. The number of aryl methyl sites for hydroxylation is 1. The third-order valence-electron chi connectivity index (χ3n) is 4.72. The van der Waals surface area contributed by atoms with Crippen LogP contribution in [0.15, 0.2) is 42.5 Å². The molecular weight excluding hydrogens is 356 g/mol. The van der Waals surface area contributed by atoms with E-state index in [-0.39, 0.29) is 11.9 Å². The third kappa shape index (κ3) is 5.63. The maximum Gasteiger partial charge on any atom is 0.220 e. The first-order chi connectivity index (χ1) is 13.5. The maximum atomic E-state index is 12.5. The Labute approximate surface area is 167 Å². The van der Waals surface area contributed by atoms with E-state index in [0.717, 1.165) is 28.4 Å². The number of benzene rings is 2. The summed E-state index contributed by atoms with van der Waals surface area (Å²) in [7, 11) is 8.89. The highest BCUT2D eigenvalue weighted by molar-refractivity contribution is 5.76. The summed E-state index contributed by atoms with van der Waals surface area (Å²) in [5, 5.41) is 3.04. The summed E-state index contributed by atoms with van der Waals surface area (Å²) >= 11 is 0. The molecule has 2 aromatic rings. The van der Waals surface area contributed by atoms with Crippen LogP contribution in [0, 0.1) is 0 Å². The van der Waals surface area contributed by atoms with E-state index in [1.165, 1.54) is 0 Å². The van der Waals surface area contributed by atoms with Crippen molar-refractivity contribution in [3.8, 4) is 17.2 Å². The standard InChI is InChI=1S/C22H30N2O4/c1-24(2)19(18-8-6-7-9-21(18)28-5)15-23-22(25)13-10-16-14-17(26-3)11-12-20(16)27-4/h6-9,11-12,14,19H,10,13,15H2,1-5H3,(H,23,25). The topological polar surface area (TPSA) is 60.0 Å². The predicted molar refractivity (Wildman–Crippen MR) is 110 cm³/mol. The molecule has 1 N–H and O–H groups in total. The van der Waals surface area contributed by atoms with Crippen LogP contribution in [0.25, 0.3) is 0 Å². The lowest BCUT2D eigenvalue weighted by Gasteiger charge is -2.26. The number of likely N-dealkylation sites (N-methyl/N-ethyl adjacent to an activating group) is 1. The predicted octanol–water partition coefficient (Wildman–Crippen LogP) is 3.06. The summed E-state index contributed by atoms with van der Waals surface area (Å²) in [6, 6.07) is 13.5. The number of amides is 1. The number of nitrogens with zero attached hydrogens (tertiary/aromatic N) is 1. The molecule has 0 saturated carbocycles. The van der Waals surface area contributed by atoms with Gasteiger partial charge in [-0.1, -0.05) is 18.2 Å². The van der Waals surface area contributed by atoms with Gasteiger partial charge in [0.05, 0.1) is 27.4 Å². The van der Waals surface area contributed by atoms with Crippen LogP contribution in [0.4, 0.5) is 0 Å². The highest BCUT2D eigenvalue weighted by atomic mass is 16.5. The molecule has 1 amide bonds. The first-order valence-electron chi connectivity index (χ1n) is 9.27. The highest BCUT2D eigenvalue weighted by Gasteiger charge is 2.19. The highest BCUT2D eigenvalue weighted by Crippen LogP contribution is 2.28. The largest absolute Gasteiger partial charge is 0.497 e. The van der Waals surface area contributed by atoms with Crippen molar-refractivity contribution in [3.63, 3.8) is 0 Å². The minimum absolute atomic E-state index is 0.00776. The number of hydrogen-bond donors (Lipinski definition) is 1. The second-order valence-electron chi connectivity index (χ2n) is 6.70. The molecule has 0 aliphatic carbocycles. The van der Waals surface area contributed by atoms with Gasteiger partial charge < -0.3 is 24.4 Å². The number of hydrogen-bond acceptors (Lipinski definition) is 5. The van der Waals surface area contributed by atoms with E-state index in [1.54, 1.807) is 21.3 Å². The van der Waals surface area contributed by atoms with Crippen molar-refractivity contribution in [2.24, 2.45) is 0 Å². The SMILES string of the molecule is COc1ccc(OC)c(CCC(=O)NCC(c2ccccc2OC)N(C)C)c1. The second kappa shape index (κ2) is 10.6. The van der Waals surface area contributed by atoms with E-state index in [1.807, 2.05) is 56.6 Å². The summed E-state index contributed by atoms with van der Waals surface area (Å²) in [6.45, 7) is 0.501. The summed E-state index contributed by atoms with van der Waals surface area (Å²) in [4.78, 5) is 14.5. The van der Waals surface area contributed by atoms with Gasteiger partial charge in [-0.25, -0.2) is 0 Å². The zero-order valence-electron chi connectivity index (χ0n) is 17.3. The maximum absolute atomic E-state index is 12.5. The summed E-state index contributed by atoms with van der Waals surface area (Å²) in [6.07, 6.45) is 0.948. The quantitative estimate of drug-likeness (QED) is 0.680. The molecule has 0 aliphatic heterocycles. The van der Waals surface area contributed by atoms with E-state index in [0.29, 0.717) is 19.4 Å². The summed E-state index contributed by atoms with van der Waals surface area (Å²) in [5.74, 6) is 2.32. The van der Waals surface area contributed by atoms with Gasteiger partial charge in [0, 0.05) is 18.5 Å². The molecule has 1 unspecified atom stereocenters. The molecule has 0 aromatic heterocycles. The molecule has 0 radical (unpaired) electrons. The number of ether oxygens (including phenoxy) is 3. The molecule has 28 heavy (non-hydrogen) atoms. The van der Waals surface area contributed by atoms with E-state index in [2.05, 4.69) is 10.2 Å². The van der Waals surface area contributed by atoms with Crippen LogP contribution in [0.3, 0.4) is 0 Å². The zero-order chi connectivity index (χ0) is 20.5. The van der Waals surface area contributed by atoms with Crippen molar-refractivity contribution >= 4 is 5.91 Å². The molecule has 152 valence electrons. The first-order valence-corrected chi connectivity index (χ1v) is 9.27. The molecular formula is C22H30N2O4. The van der Waals surface area contributed by atoms with E-state index in [4.69, 9.17) is 14.2 Å². The number of nitrogens with one attached hydrogen (secondary N) is 1. The van der Waals surface area contributed by atoms with Crippen LogP contribution in [0.1, 0.15) is 23.6 Å². The van der Waals surface area contributed by atoms with Crippen LogP contribution in [-0.4, -0.2) is 52.8 Å². The van der Waals surface area contributed by atoms with Gasteiger partial charge in [-0.3, -0.25) is 4.79 Å². The van der Waals surface area contributed by atoms with Crippen molar-refractivity contribution in [1.82, 2.24) is 10.2 Å². The summed E-state index contributed by atoms with van der Waals surface area (Å²) in [5.41, 5.74) is 2.00. The molecule has 2 rings (SSSR count). The molecule has 0 spiro atoms. The number of carbonyl (C=O) groups excluding carboxylic acids is 1. The molecule has 0 fully saturated rings. The van der Waals surface area contributed by atoms with Gasteiger partial charge in [0.15, 0.2) is 0 Å². The number of methoxy groups -OCH3 is 3. The Kier molecular flexibility index (Phi) is 8.14. The third-order valence-corrected chi connectivity index (χ3v) is 4.72. The van der Waals surface area contributed by atoms with Gasteiger partial charge in [-0.05, 0) is 50.3 Å². The Balaban J connectivity index is 1.99. The fraction of sp³-hybridized carbons (Fsp3) is 0.409. The van der Waals surface area contributed by atoms with Gasteiger partial charge >= 0.3 is 0 Å². The molecule has 6 nitrogen and oxygen atoms in total. The van der Waals surface area contributed by atoms with Crippen molar-refractivity contribution in [1.29, 1.82) is 0 Å². The molecule has 0 aliphatic rings. The van der Waals surface area contributed by atoms with E-state index < -0.39 is 0 Å². The number of para-hydroxylation sites is 1. The smallest absolute Gasteiger partial charge is 0.220 e. The molecule has 6 heteroatoms. The lowest BCUT2D eigenvalue weighted by Crippen LogP contribution is -2.34. The Morgan fingerprint density at radius 1 is 1.00 bits per heavy atom. The molecule has 2 aromatic carbocycles. The molecule has 0 bridgehead atoms. The number of carbonyl (C=O) groups is 1. The minimum Gasteiger partial charge on any atom is -0.497 e. The van der Waals surface area contributed by atoms with Crippen LogP contribution >= 0.6 is 0 Å². The Morgan fingerprint density at radius 3 is 2.36 bits per heavy atom. The van der Waals surface area contributed by atoms with Crippen LogP contribution in [0.2, 0.25) is 0 Å². The van der Waals surface area contributed by atoms with E-state index >= 15 is 0 Å². The van der Waals surface area contributed by atoms with Crippen molar-refractivity contribution in [2.75, 3.05) is 42.0 Å². The van der Waals surface area contributed by atoms with Crippen molar-refractivity contribution in [2.45, 2.75) is 18.9 Å². The average Bonchev–Trinajstić information content (AvgIpc) is 2.72. The van der Waals surface area contributed by atoms with Crippen molar-refractivity contribution < 1.29 is 19.0 Å². The average molecular weight is 386 g/mol. The van der Waals surface area contributed by atoms with Gasteiger partial charge in [0.1, 0.15) is 17.2 Å². The van der Waals surface area contributed by atoms with Gasteiger partial charge in [0.2, 0.25) is 5.91 Å². The van der Waals surface area contributed by atoms with Gasteiger partial charge in [0.25, 0.3) is 0 Å². The zero-order valence-corrected chi connectivity index (χ0v) is 17.3. The summed E-state index contributed by atoms with van der Waals surface area (Å²) < 4.78 is 16.1. The number of rotatable bonds is 10. The Hall–Kier alpha value is -2.73. The molecule has 0 saturated heterocycles. The van der Waals surface area contributed by atoms with Crippen LogP contribution in [-0.2, 0) is 11.2 Å². The fourth-order valence-electron chi connectivity index (χ4n) is 3.14. The Morgan fingerprint density at radius 2 is 1.71 bits per heavy atom. The van der Waals surface area contributed by atoms with Crippen LogP contribution < -0.4 is 19.5 Å². The minimum atomic E-state index is -0.00776. The van der Waals surface area contributed by atoms with Gasteiger partial charge in [-0.15, -0.1) is 0 Å². The fourth-order valence-corrected chi connectivity index (χ4v) is 3.14. The monoisotopic (exact) mass is 386 g/mol.